The lowest BCUT2D eigenvalue weighted by molar-refractivity contribution is 0.212. The molecule has 0 saturated carbocycles. The van der Waals surface area contributed by atoms with Gasteiger partial charge in [0.2, 0.25) is 0 Å². The van der Waals surface area contributed by atoms with Crippen LogP contribution in [0.1, 0.15) is 17.2 Å². The Morgan fingerprint density at radius 2 is 2.22 bits per heavy atom. The van der Waals surface area contributed by atoms with Crippen molar-refractivity contribution in [2.24, 2.45) is 5.73 Å². The maximum absolute atomic E-state index is 5.92. The molecule has 1 atom stereocenters. The van der Waals surface area contributed by atoms with Gasteiger partial charge in [-0.3, -0.25) is 4.98 Å². The van der Waals surface area contributed by atoms with Gasteiger partial charge in [0, 0.05) is 24.5 Å². The molecule has 1 unspecified atom stereocenters. The summed E-state index contributed by atoms with van der Waals surface area (Å²) in [4.78, 5) is 4.08. The first-order chi connectivity index (χ1) is 8.70. The third-order valence-corrected chi connectivity index (χ3v) is 3.25. The molecule has 2 N–H and O–H groups in total. The van der Waals surface area contributed by atoms with E-state index in [1.54, 1.807) is 12.4 Å². The predicted molar refractivity (Wildman–Crippen MR) is 75.5 cm³/mol. The standard InChI is InChI=1S/C14H15BrN2O/c1-10-4-5-13(12(15)7-10)18-14(8-16)11-3-2-6-17-9-11/h2-7,9,14H,8,16H2,1H3. The molecule has 1 aromatic heterocycles. The van der Waals surface area contributed by atoms with Crippen molar-refractivity contribution in [1.29, 1.82) is 0 Å². The van der Waals surface area contributed by atoms with Gasteiger partial charge in [-0.2, -0.15) is 0 Å². The Morgan fingerprint density at radius 1 is 1.39 bits per heavy atom. The minimum atomic E-state index is -0.183. The highest BCUT2D eigenvalue weighted by atomic mass is 79.9. The second kappa shape index (κ2) is 5.98. The first-order valence-electron chi connectivity index (χ1n) is 5.73. The SMILES string of the molecule is Cc1ccc(OC(CN)c2cccnc2)c(Br)c1. The van der Waals surface area contributed by atoms with Crippen molar-refractivity contribution in [3.05, 3.63) is 58.3 Å². The van der Waals surface area contributed by atoms with Gasteiger partial charge in [0.25, 0.3) is 0 Å². The summed E-state index contributed by atoms with van der Waals surface area (Å²) in [5, 5.41) is 0. The van der Waals surface area contributed by atoms with E-state index < -0.39 is 0 Å². The van der Waals surface area contributed by atoms with Gasteiger partial charge in [-0.25, -0.2) is 0 Å². The van der Waals surface area contributed by atoms with Crippen LogP contribution in [-0.2, 0) is 0 Å². The van der Waals surface area contributed by atoms with Gasteiger partial charge in [0.1, 0.15) is 11.9 Å². The average Bonchev–Trinajstić information content (AvgIpc) is 2.39. The molecule has 0 aliphatic heterocycles. The number of halogens is 1. The summed E-state index contributed by atoms with van der Waals surface area (Å²) in [5.74, 6) is 0.792. The van der Waals surface area contributed by atoms with E-state index >= 15 is 0 Å². The van der Waals surface area contributed by atoms with Crippen LogP contribution in [-0.4, -0.2) is 11.5 Å². The molecule has 0 aliphatic carbocycles. The molecule has 2 aromatic rings. The lowest BCUT2D eigenvalue weighted by Gasteiger charge is -2.18. The molecule has 1 aromatic carbocycles. The van der Waals surface area contributed by atoms with Gasteiger partial charge < -0.3 is 10.5 Å². The molecular formula is C14H15BrN2O. The van der Waals surface area contributed by atoms with Crippen molar-refractivity contribution in [3.63, 3.8) is 0 Å². The number of aryl methyl sites for hydroxylation is 1. The van der Waals surface area contributed by atoms with Crippen molar-refractivity contribution in [3.8, 4) is 5.75 Å². The van der Waals surface area contributed by atoms with Crippen LogP contribution < -0.4 is 10.5 Å². The summed E-state index contributed by atoms with van der Waals surface area (Å²) >= 11 is 3.50. The van der Waals surface area contributed by atoms with Crippen LogP contribution in [0.4, 0.5) is 0 Å². The number of nitrogens with zero attached hydrogens (tertiary/aromatic N) is 1. The zero-order chi connectivity index (χ0) is 13.0. The number of benzene rings is 1. The number of nitrogens with two attached hydrogens (primary N) is 1. The van der Waals surface area contributed by atoms with Crippen LogP contribution in [0.5, 0.6) is 5.75 Å². The molecular weight excluding hydrogens is 292 g/mol. The molecule has 0 amide bonds. The molecule has 3 nitrogen and oxygen atoms in total. The van der Waals surface area contributed by atoms with E-state index in [1.807, 2.05) is 37.3 Å². The fourth-order valence-corrected chi connectivity index (χ4v) is 2.26. The number of pyridine rings is 1. The molecule has 94 valence electrons. The molecule has 0 spiro atoms. The summed E-state index contributed by atoms with van der Waals surface area (Å²) in [7, 11) is 0. The number of hydrogen-bond donors (Lipinski definition) is 1. The van der Waals surface area contributed by atoms with Gasteiger partial charge in [-0.1, -0.05) is 12.1 Å². The zero-order valence-corrected chi connectivity index (χ0v) is 11.7. The van der Waals surface area contributed by atoms with Crippen molar-refractivity contribution >= 4 is 15.9 Å². The topological polar surface area (TPSA) is 48.1 Å². The lowest BCUT2D eigenvalue weighted by atomic mass is 10.1. The smallest absolute Gasteiger partial charge is 0.137 e. The molecule has 1 heterocycles. The molecule has 18 heavy (non-hydrogen) atoms. The molecule has 0 saturated heterocycles. The maximum Gasteiger partial charge on any atom is 0.137 e. The van der Waals surface area contributed by atoms with Crippen LogP contribution in [0.25, 0.3) is 0 Å². The number of ether oxygens (including phenoxy) is 1. The summed E-state index contributed by atoms with van der Waals surface area (Å²) in [6.45, 7) is 2.45. The quantitative estimate of drug-likeness (QED) is 0.943. The maximum atomic E-state index is 5.92. The van der Waals surface area contributed by atoms with Gasteiger partial charge >= 0.3 is 0 Å². The van der Waals surface area contributed by atoms with Crippen molar-refractivity contribution in [2.45, 2.75) is 13.0 Å². The van der Waals surface area contributed by atoms with Crippen LogP contribution in [0, 0.1) is 6.92 Å². The van der Waals surface area contributed by atoms with Crippen molar-refractivity contribution in [1.82, 2.24) is 4.98 Å². The van der Waals surface area contributed by atoms with Crippen LogP contribution >= 0.6 is 15.9 Å². The summed E-state index contributed by atoms with van der Waals surface area (Å²) in [6.07, 6.45) is 3.33. The Hall–Kier alpha value is -1.39. The third kappa shape index (κ3) is 3.09. The average molecular weight is 307 g/mol. The summed E-state index contributed by atoms with van der Waals surface area (Å²) in [5.41, 5.74) is 7.92. The van der Waals surface area contributed by atoms with Gasteiger partial charge in [-0.15, -0.1) is 0 Å². The van der Waals surface area contributed by atoms with Crippen molar-refractivity contribution in [2.75, 3.05) is 6.54 Å². The Morgan fingerprint density at radius 3 is 2.83 bits per heavy atom. The lowest BCUT2D eigenvalue weighted by Crippen LogP contribution is -2.18. The minimum absolute atomic E-state index is 0.183. The summed E-state index contributed by atoms with van der Waals surface area (Å²) < 4.78 is 6.86. The molecule has 0 radical (unpaired) electrons. The Kier molecular flexibility index (Phi) is 4.33. The monoisotopic (exact) mass is 306 g/mol. The van der Waals surface area contributed by atoms with E-state index in [1.165, 1.54) is 5.56 Å². The molecule has 2 rings (SSSR count). The zero-order valence-electron chi connectivity index (χ0n) is 10.1. The van der Waals surface area contributed by atoms with Crippen LogP contribution in [0.3, 0.4) is 0 Å². The van der Waals surface area contributed by atoms with E-state index in [2.05, 4.69) is 20.9 Å². The van der Waals surface area contributed by atoms with Gasteiger partial charge in [0.15, 0.2) is 0 Å². The molecule has 0 aliphatic rings. The number of aromatic nitrogens is 1. The fourth-order valence-electron chi connectivity index (χ4n) is 1.67. The normalized spacial score (nSPS) is 12.2. The van der Waals surface area contributed by atoms with E-state index in [0.717, 1.165) is 15.8 Å². The highest BCUT2D eigenvalue weighted by molar-refractivity contribution is 9.10. The Balaban J connectivity index is 2.21. The van der Waals surface area contributed by atoms with Crippen molar-refractivity contribution < 1.29 is 4.74 Å². The largest absolute Gasteiger partial charge is 0.483 e. The van der Waals surface area contributed by atoms with Crippen LogP contribution in [0.15, 0.2) is 47.2 Å². The van der Waals surface area contributed by atoms with Gasteiger partial charge in [-0.05, 0) is 46.6 Å². The predicted octanol–water partition coefficient (Wildman–Crippen LogP) is 3.23. The number of hydrogen-bond acceptors (Lipinski definition) is 3. The van der Waals surface area contributed by atoms with E-state index in [-0.39, 0.29) is 6.10 Å². The summed E-state index contributed by atoms with van der Waals surface area (Å²) in [6, 6.07) is 9.82. The first-order valence-corrected chi connectivity index (χ1v) is 6.53. The number of rotatable bonds is 4. The highest BCUT2D eigenvalue weighted by Crippen LogP contribution is 2.29. The molecule has 4 heteroatoms. The van der Waals surface area contributed by atoms with E-state index in [4.69, 9.17) is 10.5 Å². The molecule has 0 bridgehead atoms. The Bertz CT molecular complexity index is 516. The van der Waals surface area contributed by atoms with Crippen LogP contribution in [0.2, 0.25) is 0 Å². The molecule has 0 fully saturated rings. The first kappa shape index (κ1) is 13.1. The Labute approximate surface area is 115 Å². The second-order valence-electron chi connectivity index (χ2n) is 4.06. The highest BCUT2D eigenvalue weighted by Gasteiger charge is 2.13. The van der Waals surface area contributed by atoms with Gasteiger partial charge in [0.05, 0.1) is 4.47 Å². The minimum Gasteiger partial charge on any atom is -0.483 e. The second-order valence-corrected chi connectivity index (χ2v) is 4.92. The van der Waals surface area contributed by atoms with E-state index in [9.17, 15) is 0 Å². The van der Waals surface area contributed by atoms with E-state index in [0.29, 0.717) is 6.54 Å². The fraction of sp³-hybridized carbons (Fsp3) is 0.214. The third-order valence-electron chi connectivity index (χ3n) is 2.63.